The lowest BCUT2D eigenvalue weighted by atomic mass is 9.90. The molecule has 1 aliphatic carbocycles. The number of carbonyl (C=O) groups is 1. The fourth-order valence-electron chi connectivity index (χ4n) is 2.54. The summed E-state index contributed by atoms with van der Waals surface area (Å²) in [6, 6.07) is 0.495. The smallest absolute Gasteiger partial charge is 0.219 e. The van der Waals surface area contributed by atoms with Crippen molar-refractivity contribution in [3.8, 4) is 0 Å². The zero-order chi connectivity index (χ0) is 9.26. The van der Waals surface area contributed by atoms with Crippen molar-refractivity contribution in [1.82, 2.24) is 4.90 Å². The van der Waals surface area contributed by atoms with Gasteiger partial charge in [-0.3, -0.25) is 4.79 Å². The second kappa shape index (κ2) is 3.52. The molecule has 0 aromatic heterocycles. The van der Waals surface area contributed by atoms with Crippen LogP contribution in [0.5, 0.6) is 0 Å². The zero-order valence-corrected chi connectivity index (χ0v) is 8.20. The van der Waals surface area contributed by atoms with Crippen LogP contribution in [0.1, 0.15) is 32.6 Å². The van der Waals surface area contributed by atoms with Crippen molar-refractivity contribution >= 4 is 5.91 Å². The Morgan fingerprint density at radius 2 is 2.38 bits per heavy atom. The second-order valence-corrected chi connectivity index (χ2v) is 4.17. The molecular formula is C11H17NO. The molecule has 2 nitrogen and oxygen atoms in total. The molecule has 2 atom stereocenters. The Hall–Kier alpha value is -0.790. The molecule has 0 spiro atoms. The van der Waals surface area contributed by atoms with Gasteiger partial charge in [0, 0.05) is 19.5 Å². The number of hydrogen-bond acceptors (Lipinski definition) is 1. The Labute approximate surface area is 79.6 Å². The third kappa shape index (κ3) is 1.77. The van der Waals surface area contributed by atoms with Gasteiger partial charge in [0.1, 0.15) is 0 Å². The van der Waals surface area contributed by atoms with Crippen LogP contribution in [0.15, 0.2) is 12.2 Å². The summed E-state index contributed by atoms with van der Waals surface area (Å²) in [7, 11) is 0. The normalized spacial score (nSPS) is 32.8. The van der Waals surface area contributed by atoms with E-state index in [-0.39, 0.29) is 5.91 Å². The monoisotopic (exact) mass is 179 g/mol. The lowest BCUT2D eigenvalue weighted by molar-refractivity contribution is -0.131. The predicted octanol–water partition coefficient (Wildman–Crippen LogP) is 1.96. The van der Waals surface area contributed by atoms with Gasteiger partial charge in [0.15, 0.2) is 0 Å². The van der Waals surface area contributed by atoms with E-state index in [4.69, 9.17) is 0 Å². The van der Waals surface area contributed by atoms with Gasteiger partial charge in [0.25, 0.3) is 0 Å². The minimum absolute atomic E-state index is 0.251. The summed E-state index contributed by atoms with van der Waals surface area (Å²) in [6.07, 6.45) is 9.27. The SMILES string of the molecule is CC(=O)N1CCCC2C=CCC1C2. The maximum atomic E-state index is 11.4. The summed E-state index contributed by atoms with van der Waals surface area (Å²) in [5.41, 5.74) is 0. The number of allylic oxidation sites excluding steroid dienone is 1. The highest BCUT2D eigenvalue weighted by Crippen LogP contribution is 2.29. The molecule has 1 saturated heterocycles. The van der Waals surface area contributed by atoms with E-state index in [0.717, 1.165) is 18.9 Å². The lowest BCUT2D eigenvalue weighted by Crippen LogP contribution is -2.39. The largest absolute Gasteiger partial charge is 0.340 e. The molecule has 1 amide bonds. The molecule has 1 heterocycles. The number of amides is 1. The number of likely N-dealkylation sites (tertiary alicyclic amines) is 1. The van der Waals surface area contributed by atoms with Crippen molar-refractivity contribution in [3.63, 3.8) is 0 Å². The van der Waals surface area contributed by atoms with Crippen LogP contribution >= 0.6 is 0 Å². The van der Waals surface area contributed by atoms with Gasteiger partial charge < -0.3 is 4.90 Å². The highest BCUT2D eigenvalue weighted by atomic mass is 16.2. The highest BCUT2D eigenvalue weighted by molar-refractivity contribution is 5.73. The number of fused-ring (bicyclic) bond motifs is 2. The number of nitrogens with zero attached hydrogens (tertiary/aromatic N) is 1. The van der Waals surface area contributed by atoms with E-state index in [1.165, 1.54) is 19.3 Å². The van der Waals surface area contributed by atoms with E-state index in [1.54, 1.807) is 6.92 Å². The zero-order valence-electron chi connectivity index (χ0n) is 8.20. The molecule has 72 valence electrons. The van der Waals surface area contributed by atoms with Gasteiger partial charge >= 0.3 is 0 Å². The van der Waals surface area contributed by atoms with Crippen LogP contribution in [-0.4, -0.2) is 23.4 Å². The summed E-state index contributed by atoms with van der Waals surface area (Å²) in [4.78, 5) is 13.4. The quantitative estimate of drug-likeness (QED) is 0.520. The molecule has 0 N–H and O–H groups in total. The molecule has 0 aromatic carbocycles. The van der Waals surface area contributed by atoms with E-state index in [1.807, 2.05) is 0 Å². The first-order chi connectivity index (χ1) is 6.27. The maximum Gasteiger partial charge on any atom is 0.219 e. The fourth-order valence-corrected chi connectivity index (χ4v) is 2.54. The minimum Gasteiger partial charge on any atom is -0.340 e. The topological polar surface area (TPSA) is 20.3 Å². The van der Waals surface area contributed by atoms with E-state index < -0.39 is 0 Å². The molecule has 13 heavy (non-hydrogen) atoms. The maximum absolute atomic E-state index is 11.4. The van der Waals surface area contributed by atoms with Crippen molar-refractivity contribution in [2.45, 2.75) is 38.6 Å². The molecule has 1 aliphatic heterocycles. The minimum atomic E-state index is 0.251. The van der Waals surface area contributed by atoms with Gasteiger partial charge in [-0.25, -0.2) is 0 Å². The van der Waals surface area contributed by atoms with E-state index >= 15 is 0 Å². The third-order valence-electron chi connectivity index (χ3n) is 3.21. The molecule has 2 bridgehead atoms. The Morgan fingerprint density at radius 3 is 3.15 bits per heavy atom. The number of carbonyl (C=O) groups excluding carboxylic acids is 1. The number of rotatable bonds is 0. The average molecular weight is 179 g/mol. The van der Waals surface area contributed by atoms with Crippen molar-refractivity contribution in [3.05, 3.63) is 12.2 Å². The summed E-state index contributed by atoms with van der Waals surface area (Å²) < 4.78 is 0. The highest BCUT2D eigenvalue weighted by Gasteiger charge is 2.27. The van der Waals surface area contributed by atoms with Crippen LogP contribution in [-0.2, 0) is 4.79 Å². The summed E-state index contributed by atoms with van der Waals surface area (Å²) >= 11 is 0. The third-order valence-corrected chi connectivity index (χ3v) is 3.21. The summed E-state index contributed by atoms with van der Waals surface area (Å²) in [5.74, 6) is 0.990. The molecule has 2 heteroatoms. The first-order valence-corrected chi connectivity index (χ1v) is 5.21. The summed E-state index contributed by atoms with van der Waals surface area (Å²) in [6.45, 7) is 2.66. The Balaban J connectivity index is 2.13. The summed E-state index contributed by atoms with van der Waals surface area (Å²) in [5, 5.41) is 0. The predicted molar refractivity (Wildman–Crippen MR) is 52.3 cm³/mol. The molecule has 2 rings (SSSR count). The van der Waals surface area contributed by atoms with Gasteiger partial charge in [0.05, 0.1) is 0 Å². The van der Waals surface area contributed by atoms with Gasteiger partial charge in [-0.15, -0.1) is 0 Å². The van der Waals surface area contributed by atoms with Crippen LogP contribution in [0.2, 0.25) is 0 Å². The molecule has 2 aliphatic rings. The van der Waals surface area contributed by atoms with Crippen LogP contribution < -0.4 is 0 Å². The van der Waals surface area contributed by atoms with E-state index in [2.05, 4.69) is 17.1 Å². The van der Waals surface area contributed by atoms with Crippen LogP contribution in [0.3, 0.4) is 0 Å². The second-order valence-electron chi connectivity index (χ2n) is 4.17. The lowest BCUT2D eigenvalue weighted by Gasteiger charge is -2.31. The van der Waals surface area contributed by atoms with Crippen molar-refractivity contribution in [2.75, 3.05) is 6.54 Å². The average Bonchev–Trinajstić information content (AvgIpc) is 2.25. The van der Waals surface area contributed by atoms with Crippen molar-refractivity contribution in [1.29, 1.82) is 0 Å². The molecule has 0 saturated carbocycles. The molecule has 0 aromatic rings. The van der Waals surface area contributed by atoms with E-state index in [0.29, 0.717) is 6.04 Å². The van der Waals surface area contributed by atoms with Crippen molar-refractivity contribution < 1.29 is 4.79 Å². The Bertz CT molecular complexity index is 234. The van der Waals surface area contributed by atoms with E-state index in [9.17, 15) is 4.79 Å². The first-order valence-electron chi connectivity index (χ1n) is 5.21. The number of hydrogen-bond donors (Lipinski definition) is 0. The molecule has 1 fully saturated rings. The fraction of sp³-hybridized carbons (Fsp3) is 0.727. The van der Waals surface area contributed by atoms with Gasteiger partial charge in [-0.05, 0) is 31.6 Å². The van der Waals surface area contributed by atoms with Crippen molar-refractivity contribution in [2.24, 2.45) is 5.92 Å². The first kappa shape index (κ1) is 8.79. The Kier molecular flexibility index (Phi) is 2.38. The van der Waals surface area contributed by atoms with Crippen LogP contribution in [0.4, 0.5) is 0 Å². The van der Waals surface area contributed by atoms with Crippen LogP contribution in [0.25, 0.3) is 0 Å². The molecule has 2 unspecified atom stereocenters. The standard InChI is InChI=1S/C11H17NO/c1-9(13)12-7-3-5-10-4-2-6-11(12)8-10/h2,4,10-11H,3,5-8H2,1H3. The van der Waals surface area contributed by atoms with Crippen LogP contribution in [0, 0.1) is 5.92 Å². The molecular weight excluding hydrogens is 162 g/mol. The van der Waals surface area contributed by atoms with Gasteiger partial charge in [-0.1, -0.05) is 12.2 Å². The van der Waals surface area contributed by atoms with Gasteiger partial charge in [-0.2, -0.15) is 0 Å². The molecule has 0 radical (unpaired) electrons. The van der Waals surface area contributed by atoms with Gasteiger partial charge in [0.2, 0.25) is 5.91 Å². The Morgan fingerprint density at radius 1 is 1.54 bits per heavy atom.